The molecule has 0 saturated carbocycles. The number of hydrogen-bond acceptors (Lipinski definition) is 6. The summed E-state index contributed by atoms with van der Waals surface area (Å²) in [6.07, 6.45) is 0. The van der Waals surface area contributed by atoms with Gasteiger partial charge in [-0.1, -0.05) is 0 Å². The number of rotatable bonds is 2. The van der Waals surface area contributed by atoms with Gasteiger partial charge in [0.1, 0.15) is 10.3 Å². The Morgan fingerprint density at radius 1 is 1.54 bits per heavy atom. The van der Waals surface area contributed by atoms with Crippen molar-refractivity contribution in [3.05, 3.63) is 5.69 Å². The maximum atomic E-state index is 8.50. The minimum atomic E-state index is 0.150. The van der Waals surface area contributed by atoms with E-state index in [0.29, 0.717) is 16.5 Å². The average Bonchev–Trinajstić information content (AvgIpc) is 2.09. The van der Waals surface area contributed by atoms with Gasteiger partial charge in [0.25, 0.3) is 0 Å². The van der Waals surface area contributed by atoms with Crippen LogP contribution in [-0.2, 0) is 0 Å². The molecule has 0 spiro atoms. The highest BCUT2D eigenvalue weighted by atomic mass is 32.2. The zero-order valence-electron chi connectivity index (χ0n) is 7.24. The number of hydrogen-bond donors (Lipinski definition) is 1. The first-order valence-corrected chi connectivity index (χ1v) is 4.24. The lowest BCUT2D eigenvalue weighted by molar-refractivity contribution is 0.385. The van der Waals surface area contributed by atoms with Crippen LogP contribution in [0.5, 0.6) is 5.88 Å². The summed E-state index contributed by atoms with van der Waals surface area (Å²) in [5, 5.41) is 10.4. The average molecular weight is 196 g/mol. The van der Waals surface area contributed by atoms with E-state index in [1.165, 1.54) is 7.11 Å². The molecule has 1 heterocycles. The molecule has 0 radical (unpaired) electrons. The van der Waals surface area contributed by atoms with E-state index in [9.17, 15) is 0 Å². The molecule has 0 aliphatic rings. The smallest absolute Gasteiger partial charge is 0.233 e. The van der Waals surface area contributed by atoms with Gasteiger partial charge >= 0.3 is 0 Å². The largest absolute Gasteiger partial charge is 0.480 e. The van der Waals surface area contributed by atoms with Gasteiger partial charge in [0.15, 0.2) is 0 Å². The molecule has 0 saturated heterocycles. The monoisotopic (exact) mass is 196 g/mol. The predicted octanol–water partition coefficient (Wildman–Crippen LogP) is 0.949. The number of ether oxygens (including phenoxy) is 1. The van der Waals surface area contributed by atoms with Crippen molar-refractivity contribution in [2.75, 3.05) is 12.8 Å². The Morgan fingerprint density at radius 3 is 2.77 bits per heavy atom. The summed E-state index contributed by atoms with van der Waals surface area (Å²) < 4.78 is 4.96. The van der Waals surface area contributed by atoms with E-state index in [4.69, 9.17) is 15.7 Å². The molecule has 68 valence electrons. The van der Waals surface area contributed by atoms with Crippen molar-refractivity contribution in [3.63, 3.8) is 0 Å². The Bertz CT molecular complexity index is 360. The fraction of sp³-hybridized carbons (Fsp3) is 0.286. The van der Waals surface area contributed by atoms with Gasteiger partial charge in [0.2, 0.25) is 11.8 Å². The highest BCUT2D eigenvalue weighted by Gasteiger charge is 2.11. The number of aromatic nitrogens is 2. The molecule has 1 aromatic heterocycles. The second-order valence-electron chi connectivity index (χ2n) is 2.20. The molecule has 0 aliphatic carbocycles. The van der Waals surface area contributed by atoms with Crippen molar-refractivity contribution in [1.82, 2.24) is 9.97 Å². The second-order valence-corrected chi connectivity index (χ2v) is 2.99. The van der Waals surface area contributed by atoms with Gasteiger partial charge < -0.3 is 10.5 Å². The number of anilines is 1. The Morgan fingerprint density at radius 2 is 2.23 bits per heavy atom. The minimum Gasteiger partial charge on any atom is -0.480 e. The summed E-state index contributed by atoms with van der Waals surface area (Å²) in [5.41, 5.74) is 6.05. The quantitative estimate of drug-likeness (QED) is 0.560. The van der Waals surface area contributed by atoms with Crippen molar-refractivity contribution >= 4 is 17.7 Å². The molecule has 6 heteroatoms. The molecule has 0 aliphatic heterocycles. The van der Waals surface area contributed by atoms with Gasteiger partial charge in [-0.15, -0.1) is 0 Å². The minimum absolute atomic E-state index is 0.150. The normalized spacial score (nSPS) is 9.31. The molecule has 0 unspecified atom stereocenters. The van der Waals surface area contributed by atoms with Gasteiger partial charge in [-0.05, 0) is 18.7 Å². The molecule has 0 atom stereocenters. The number of thiocyanates is 1. The lowest BCUT2D eigenvalue weighted by Gasteiger charge is -2.06. The topological polar surface area (TPSA) is 84.8 Å². The Labute approximate surface area is 79.9 Å². The van der Waals surface area contributed by atoms with Crippen LogP contribution in [0.2, 0.25) is 0 Å². The van der Waals surface area contributed by atoms with Gasteiger partial charge in [0.05, 0.1) is 12.8 Å². The summed E-state index contributed by atoms with van der Waals surface area (Å²) in [7, 11) is 1.47. The second kappa shape index (κ2) is 3.96. The molecule has 13 heavy (non-hydrogen) atoms. The van der Waals surface area contributed by atoms with E-state index in [1.54, 1.807) is 6.92 Å². The number of nitrogen functional groups attached to an aromatic ring is 1. The van der Waals surface area contributed by atoms with E-state index in [0.717, 1.165) is 11.8 Å². The van der Waals surface area contributed by atoms with Crippen molar-refractivity contribution in [2.45, 2.75) is 11.8 Å². The molecule has 1 aromatic rings. The van der Waals surface area contributed by atoms with E-state index >= 15 is 0 Å². The zero-order chi connectivity index (χ0) is 9.84. The van der Waals surface area contributed by atoms with Crippen LogP contribution in [0.3, 0.4) is 0 Å². The fourth-order valence-electron chi connectivity index (χ4n) is 0.859. The first kappa shape index (κ1) is 9.61. The maximum absolute atomic E-state index is 8.50. The third-order valence-corrected chi connectivity index (χ3v) is 2.13. The van der Waals surface area contributed by atoms with Crippen molar-refractivity contribution in [3.8, 4) is 11.3 Å². The molecule has 0 bridgehead atoms. The summed E-state index contributed by atoms with van der Waals surface area (Å²) in [6, 6.07) is 0. The lowest BCUT2D eigenvalue weighted by atomic mass is 10.4. The summed E-state index contributed by atoms with van der Waals surface area (Å²) in [6.45, 7) is 1.75. The van der Waals surface area contributed by atoms with Crippen LogP contribution in [0.25, 0.3) is 0 Å². The lowest BCUT2D eigenvalue weighted by Crippen LogP contribution is -2.01. The predicted molar refractivity (Wildman–Crippen MR) is 49.2 cm³/mol. The highest BCUT2D eigenvalue weighted by molar-refractivity contribution is 8.03. The Hall–Kier alpha value is -1.48. The number of aryl methyl sites for hydroxylation is 1. The van der Waals surface area contributed by atoms with Crippen molar-refractivity contribution in [1.29, 1.82) is 5.26 Å². The molecule has 2 N–H and O–H groups in total. The molecule has 0 amide bonds. The number of nitrogens with two attached hydrogens (primary N) is 1. The third-order valence-electron chi connectivity index (χ3n) is 1.36. The van der Waals surface area contributed by atoms with Gasteiger partial charge in [-0.2, -0.15) is 10.2 Å². The Balaban J connectivity index is 3.23. The first-order valence-electron chi connectivity index (χ1n) is 3.43. The van der Waals surface area contributed by atoms with Gasteiger partial charge in [0, 0.05) is 0 Å². The van der Waals surface area contributed by atoms with Crippen LogP contribution in [0.1, 0.15) is 5.69 Å². The maximum Gasteiger partial charge on any atom is 0.233 e. The first-order chi connectivity index (χ1) is 6.19. The zero-order valence-corrected chi connectivity index (χ0v) is 8.05. The summed E-state index contributed by atoms with van der Waals surface area (Å²) >= 11 is 0.962. The highest BCUT2D eigenvalue weighted by Crippen LogP contribution is 2.29. The standard InChI is InChI=1S/C7H8N4OS/c1-4-5(13-3-8)6(12-2)11-7(9)10-4/h1-2H3,(H2,9,10,11). The van der Waals surface area contributed by atoms with Crippen LogP contribution < -0.4 is 10.5 Å². The summed E-state index contributed by atoms with van der Waals surface area (Å²) in [4.78, 5) is 8.37. The molecule has 1 rings (SSSR count). The van der Waals surface area contributed by atoms with Crippen LogP contribution in [0, 0.1) is 17.6 Å². The Kier molecular flexibility index (Phi) is 2.93. The van der Waals surface area contributed by atoms with Gasteiger partial charge in [-0.3, -0.25) is 0 Å². The molecular formula is C7H8N4OS. The molecule has 5 nitrogen and oxygen atoms in total. The van der Waals surface area contributed by atoms with E-state index in [2.05, 4.69) is 9.97 Å². The van der Waals surface area contributed by atoms with Crippen LogP contribution in [0.15, 0.2) is 4.90 Å². The number of nitriles is 1. The SMILES string of the molecule is COc1nc(N)nc(C)c1SC#N. The summed E-state index contributed by atoms with van der Waals surface area (Å²) in [5.74, 6) is 0.494. The molecular weight excluding hydrogens is 188 g/mol. The number of methoxy groups -OCH3 is 1. The van der Waals surface area contributed by atoms with E-state index < -0.39 is 0 Å². The van der Waals surface area contributed by atoms with E-state index in [1.807, 2.05) is 5.40 Å². The third kappa shape index (κ3) is 2.00. The fourth-order valence-corrected chi connectivity index (χ4v) is 1.36. The number of nitrogens with zero attached hydrogens (tertiary/aromatic N) is 3. The van der Waals surface area contributed by atoms with Crippen molar-refractivity contribution < 1.29 is 4.74 Å². The van der Waals surface area contributed by atoms with Crippen LogP contribution >= 0.6 is 11.8 Å². The van der Waals surface area contributed by atoms with Crippen LogP contribution in [-0.4, -0.2) is 17.1 Å². The van der Waals surface area contributed by atoms with Gasteiger partial charge in [-0.25, -0.2) is 4.98 Å². The van der Waals surface area contributed by atoms with E-state index in [-0.39, 0.29) is 5.95 Å². The van der Waals surface area contributed by atoms with Crippen molar-refractivity contribution in [2.24, 2.45) is 0 Å². The van der Waals surface area contributed by atoms with Crippen LogP contribution in [0.4, 0.5) is 5.95 Å². The molecule has 0 aromatic carbocycles. The molecule has 0 fully saturated rings. The number of thioether (sulfide) groups is 1.